The molecular formula is C10H18N4S2. The molecule has 1 aromatic rings. The van der Waals surface area contributed by atoms with Gasteiger partial charge in [0.15, 0.2) is 0 Å². The lowest BCUT2D eigenvalue weighted by atomic mass is 10.1. The van der Waals surface area contributed by atoms with Gasteiger partial charge in [-0.3, -0.25) is 16.0 Å². The summed E-state index contributed by atoms with van der Waals surface area (Å²) in [6.07, 6.45) is 1.85. The largest absolute Gasteiger partial charge is 0.271 e. The van der Waals surface area contributed by atoms with Gasteiger partial charge in [0.25, 0.3) is 0 Å². The molecular weight excluding hydrogens is 240 g/mol. The number of hydrazine groups is 1. The van der Waals surface area contributed by atoms with Crippen LogP contribution in [0.15, 0.2) is 12.3 Å². The zero-order valence-corrected chi connectivity index (χ0v) is 11.1. The first-order valence-electron chi connectivity index (χ1n) is 5.54. The minimum absolute atomic E-state index is 0.209. The van der Waals surface area contributed by atoms with Crippen LogP contribution in [0.4, 0.5) is 0 Å². The second-order valence-electron chi connectivity index (χ2n) is 3.70. The van der Waals surface area contributed by atoms with Gasteiger partial charge in [-0.15, -0.1) is 0 Å². The van der Waals surface area contributed by atoms with Crippen molar-refractivity contribution in [2.24, 2.45) is 5.84 Å². The number of hydrogen-bond acceptors (Lipinski definition) is 5. The van der Waals surface area contributed by atoms with Crippen LogP contribution in [-0.4, -0.2) is 32.3 Å². The molecule has 90 valence electrons. The molecule has 0 aromatic carbocycles. The van der Waals surface area contributed by atoms with Crippen molar-refractivity contribution in [2.75, 3.05) is 17.3 Å². The van der Waals surface area contributed by atoms with Gasteiger partial charge in [0.05, 0.1) is 11.7 Å². The fraction of sp³-hybridized carbons (Fsp3) is 0.700. The minimum Gasteiger partial charge on any atom is -0.271 e. The SMILES string of the molecule is CCn1nccc1C(NN)C1CSCCS1. The highest BCUT2D eigenvalue weighted by molar-refractivity contribution is 8.06. The number of hydrogen-bond donors (Lipinski definition) is 2. The molecule has 0 amide bonds. The van der Waals surface area contributed by atoms with Crippen LogP contribution in [0.3, 0.4) is 0 Å². The first-order chi connectivity index (χ1) is 7.86. The summed E-state index contributed by atoms with van der Waals surface area (Å²) in [5.74, 6) is 9.34. The highest BCUT2D eigenvalue weighted by Crippen LogP contribution is 2.33. The van der Waals surface area contributed by atoms with E-state index in [-0.39, 0.29) is 6.04 Å². The molecule has 0 aliphatic carbocycles. The lowest BCUT2D eigenvalue weighted by molar-refractivity contribution is 0.491. The topological polar surface area (TPSA) is 55.9 Å². The van der Waals surface area contributed by atoms with E-state index in [0.29, 0.717) is 5.25 Å². The summed E-state index contributed by atoms with van der Waals surface area (Å²) in [6, 6.07) is 2.27. The molecule has 6 heteroatoms. The van der Waals surface area contributed by atoms with Gasteiger partial charge in [-0.1, -0.05) is 0 Å². The molecule has 0 bridgehead atoms. The molecule has 4 nitrogen and oxygen atoms in total. The summed E-state index contributed by atoms with van der Waals surface area (Å²) >= 11 is 4.02. The third-order valence-electron chi connectivity index (χ3n) is 2.76. The van der Waals surface area contributed by atoms with Crippen LogP contribution in [0.5, 0.6) is 0 Å². The van der Waals surface area contributed by atoms with Crippen LogP contribution in [0.1, 0.15) is 18.7 Å². The van der Waals surface area contributed by atoms with Crippen LogP contribution in [0.25, 0.3) is 0 Å². The summed E-state index contributed by atoms with van der Waals surface area (Å²) in [7, 11) is 0. The molecule has 2 heterocycles. The number of rotatable bonds is 4. The standard InChI is InChI=1S/C10H18N4S2/c1-2-14-8(3-4-12-14)10(13-11)9-7-15-5-6-16-9/h3-4,9-10,13H,2,5-7,11H2,1H3. The molecule has 16 heavy (non-hydrogen) atoms. The van der Waals surface area contributed by atoms with Crippen molar-refractivity contribution in [3.8, 4) is 0 Å². The van der Waals surface area contributed by atoms with Crippen molar-refractivity contribution in [1.29, 1.82) is 0 Å². The number of nitrogens with zero attached hydrogens (tertiary/aromatic N) is 2. The number of thioether (sulfide) groups is 2. The summed E-state index contributed by atoms with van der Waals surface area (Å²) in [4.78, 5) is 0. The van der Waals surface area contributed by atoms with E-state index in [1.807, 2.05) is 34.4 Å². The van der Waals surface area contributed by atoms with Gasteiger partial charge >= 0.3 is 0 Å². The van der Waals surface area contributed by atoms with E-state index < -0.39 is 0 Å². The van der Waals surface area contributed by atoms with Gasteiger partial charge in [-0.2, -0.15) is 28.6 Å². The van der Waals surface area contributed by atoms with Crippen molar-refractivity contribution >= 4 is 23.5 Å². The van der Waals surface area contributed by atoms with Crippen LogP contribution < -0.4 is 11.3 Å². The van der Waals surface area contributed by atoms with Gasteiger partial charge in [0.2, 0.25) is 0 Å². The van der Waals surface area contributed by atoms with Crippen molar-refractivity contribution in [3.05, 3.63) is 18.0 Å². The summed E-state index contributed by atoms with van der Waals surface area (Å²) in [5, 5.41) is 4.85. The number of aryl methyl sites for hydroxylation is 1. The summed E-state index contributed by atoms with van der Waals surface area (Å²) < 4.78 is 2.02. The Morgan fingerprint density at radius 3 is 3.19 bits per heavy atom. The van der Waals surface area contributed by atoms with Crippen molar-refractivity contribution in [2.45, 2.75) is 24.8 Å². The Hall–Kier alpha value is -0.170. The van der Waals surface area contributed by atoms with Crippen molar-refractivity contribution < 1.29 is 0 Å². The summed E-state index contributed by atoms with van der Waals surface area (Å²) in [6.45, 7) is 3.00. The maximum Gasteiger partial charge on any atom is 0.0755 e. The average Bonchev–Trinajstić information content (AvgIpc) is 2.80. The monoisotopic (exact) mass is 258 g/mol. The van der Waals surface area contributed by atoms with E-state index >= 15 is 0 Å². The van der Waals surface area contributed by atoms with Crippen molar-refractivity contribution in [1.82, 2.24) is 15.2 Å². The Morgan fingerprint density at radius 1 is 1.69 bits per heavy atom. The Morgan fingerprint density at radius 2 is 2.56 bits per heavy atom. The van der Waals surface area contributed by atoms with Gasteiger partial charge in [-0.25, -0.2) is 0 Å². The molecule has 0 radical (unpaired) electrons. The van der Waals surface area contributed by atoms with Gasteiger partial charge in [0, 0.05) is 35.3 Å². The van der Waals surface area contributed by atoms with Crippen molar-refractivity contribution in [3.63, 3.8) is 0 Å². The van der Waals surface area contributed by atoms with Crippen LogP contribution in [0, 0.1) is 0 Å². The number of nitrogens with two attached hydrogens (primary N) is 1. The third kappa shape index (κ3) is 2.56. The van der Waals surface area contributed by atoms with Gasteiger partial charge in [-0.05, 0) is 13.0 Å². The normalized spacial score (nSPS) is 23.2. The van der Waals surface area contributed by atoms with Gasteiger partial charge in [0.1, 0.15) is 0 Å². The molecule has 3 N–H and O–H groups in total. The molecule has 1 saturated heterocycles. The van der Waals surface area contributed by atoms with Crippen LogP contribution >= 0.6 is 23.5 Å². The smallest absolute Gasteiger partial charge is 0.0755 e. The molecule has 2 rings (SSSR count). The molecule has 2 unspecified atom stereocenters. The molecule has 0 saturated carbocycles. The molecule has 0 spiro atoms. The van der Waals surface area contributed by atoms with Crippen LogP contribution in [0.2, 0.25) is 0 Å². The number of nitrogens with one attached hydrogen (secondary N) is 1. The van der Waals surface area contributed by atoms with Crippen LogP contribution in [-0.2, 0) is 6.54 Å². The predicted octanol–water partition coefficient (Wildman–Crippen LogP) is 1.26. The molecule has 1 fully saturated rings. The maximum atomic E-state index is 5.70. The predicted molar refractivity (Wildman–Crippen MR) is 71.5 cm³/mol. The fourth-order valence-corrected chi connectivity index (χ4v) is 4.79. The molecule has 1 aliphatic heterocycles. The second-order valence-corrected chi connectivity index (χ2v) is 6.20. The lowest BCUT2D eigenvalue weighted by Crippen LogP contribution is -2.39. The zero-order valence-electron chi connectivity index (χ0n) is 9.43. The Balaban J connectivity index is 2.14. The van der Waals surface area contributed by atoms with E-state index in [2.05, 4.69) is 23.5 Å². The zero-order chi connectivity index (χ0) is 11.4. The maximum absolute atomic E-state index is 5.70. The van der Waals surface area contributed by atoms with E-state index in [1.54, 1.807) is 0 Å². The first kappa shape index (κ1) is 12.3. The molecule has 2 atom stereocenters. The highest BCUT2D eigenvalue weighted by Gasteiger charge is 2.27. The minimum atomic E-state index is 0.209. The first-order valence-corrected chi connectivity index (χ1v) is 7.74. The quantitative estimate of drug-likeness (QED) is 0.629. The number of aromatic nitrogens is 2. The lowest BCUT2D eigenvalue weighted by Gasteiger charge is -2.29. The third-order valence-corrected chi connectivity index (χ3v) is 5.62. The second kappa shape index (κ2) is 5.95. The Labute approximate surface area is 105 Å². The Bertz CT molecular complexity index is 322. The highest BCUT2D eigenvalue weighted by atomic mass is 32.2. The van der Waals surface area contributed by atoms with E-state index in [4.69, 9.17) is 5.84 Å². The Kier molecular flexibility index (Phi) is 4.57. The summed E-state index contributed by atoms with van der Waals surface area (Å²) in [5.41, 5.74) is 4.15. The molecule has 1 aromatic heterocycles. The van der Waals surface area contributed by atoms with E-state index in [9.17, 15) is 0 Å². The molecule has 1 aliphatic rings. The van der Waals surface area contributed by atoms with E-state index in [0.717, 1.165) is 12.3 Å². The van der Waals surface area contributed by atoms with Gasteiger partial charge < -0.3 is 0 Å². The van der Waals surface area contributed by atoms with E-state index in [1.165, 1.54) is 17.2 Å². The average molecular weight is 258 g/mol. The fourth-order valence-electron chi connectivity index (χ4n) is 1.95.